The average Bonchev–Trinajstić information content (AvgIpc) is 3.50. The molecule has 0 bridgehead atoms. The lowest BCUT2D eigenvalue weighted by Crippen LogP contribution is -2.52. The number of carbonyl (C=O) groups is 4. The molecule has 0 spiro atoms. The first-order valence-corrected chi connectivity index (χ1v) is 20.6. The molecule has 55 heavy (non-hydrogen) atoms. The number of nitrogens with two attached hydrogens (primary N) is 2. The van der Waals surface area contributed by atoms with Crippen LogP contribution in [0.1, 0.15) is 82.7 Å². The van der Waals surface area contributed by atoms with Gasteiger partial charge in [-0.05, 0) is 44.4 Å². The van der Waals surface area contributed by atoms with Crippen molar-refractivity contribution in [1.82, 2.24) is 30.9 Å². The van der Waals surface area contributed by atoms with Crippen molar-refractivity contribution in [3.63, 3.8) is 0 Å². The molecule has 0 saturated heterocycles. The van der Waals surface area contributed by atoms with Crippen LogP contribution in [0.4, 0.5) is 0 Å². The van der Waals surface area contributed by atoms with E-state index >= 15 is 0 Å². The fraction of sp³-hybridized carbons (Fsp3) is 0.824. The van der Waals surface area contributed by atoms with Crippen molar-refractivity contribution in [3.8, 4) is 0 Å². The van der Waals surface area contributed by atoms with E-state index in [0.717, 1.165) is 43.5 Å². The van der Waals surface area contributed by atoms with E-state index < -0.39 is 39.8 Å². The molecule has 0 aliphatic heterocycles. The second-order valence-electron chi connectivity index (χ2n) is 13.5. The molecule has 1 aromatic rings. The van der Waals surface area contributed by atoms with E-state index in [9.17, 15) is 27.6 Å². The minimum atomic E-state index is -4.11. The van der Waals surface area contributed by atoms with E-state index in [4.69, 9.17) is 39.7 Å². The number of hydrogen-bond acceptors (Lipinski definition) is 14. The number of aromatic nitrogens is 3. The highest BCUT2D eigenvalue weighted by Gasteiger charge is 2.26. The zero-order valence-electron chi connectivity index (χ0n) is 32.2. The number of primary amides is 1. The van der Waals surface area contributed by atoms with Gasteiger partial charge in [0.25, 0.3) is 10.1 Å². The predicted molar refractivity (Wildman–Crippen MR) is 199 cm³/mol. The fourth-order valence-electron chi connectivity index (χ4n) is 5.52. The van der Waals surface area contributed by atoms with Gasteiger partial charge in [-0.2, -0.15) is 8.42 Å². The molecule has 2 unspecified atom stereocenters. The number of carbonyl (C=O) groups excluding carboxylic acids is 4. The number of nitrogens with one attached hydrogen (secondary N) is 3. The van der Waals surface area contributed by atoms with Crippen LogP contribution in [0.5, 0.6) is 0 Å². The summed E-state index contributed by atoms with van der Waals surface area (Å²) < 4.78 is 59.8. The molecule has 2 rings (SSSR count). The van der Waals surface area contributed by atoms with Crippen molar-refractivity contribution in [2.45, 2.75) is 96.4 Å². The summed E-state index contributed by atoms with van der Waals surface area (Å²) in [6.45, 7) is 6.95. The van der Waals surface area contributed by atoms with Crippen molar-refractivity contribution < 1.29 is 55.8 Å². The molecule has 0 fully saturated rings. The summed E-state index contributed by atoms with van der Waals surface area (Å²) in [5.74, 6) is -2.33. The maximum absolute atomic E-state index is 12.5. The number of rotatable bonds is 30. The molecule has 1 aromatic heterocycles. The van der Waals surface area contributed by atoms with Gasteiger partial charge in [-0.1, -0.05) is 31.9 Å². The molecule has 3 atom stereocenters. The highest BCUT2D eigenvalue weighted by molar-refractivity contribution is 7.85. The highest BCUT2D eigenvalue weighted by atomic mass is 32.2. The second kappa shape index (κ2) is 27.3. The Balaban J connectivity index is 1.55. The molecule has 4 amide bonds. The summed E-state index contributed by atoms with van der Waals surface area (Å²) in [7, 11) is -4.11. The van der Waals surface area contributed by atoms with Crippen LogP contribution in [0.15, 0.2) is 0 Å². The lowest BCUT2D eigenvalue weighted by molar-refractivity contribution is -0.129. The summed E-state index contributed by atoms with van der Waals surface area (Å²) in [4.78, 5) is 48.0. The smallest absolute Gasteiger partial charge is 0.266 e. The Labute approximate surface area is 323 Å². The number of unbranched alkanes of at least 4 members (excludes halogenated alkanes) is 1. The Kier molecular flexibility index (Phi) is 23.8. The molecule has 8 N–H and O–H groups in total. The number of fused-ring (bicyclic) bond motifs is 1. The van der Waals surface area contributed by atoms with E-state index in [1.165, 1.54) is 0 Å². The van der Waals surface area contributed by atoms with Crippen molar-refractivity contribution >= 4 is 33.7 Å². The Hall–Kier alpha value is -3.31. The Morgan fingerprint density at radius 1 is 0.891 bits per heavy atom. The van der Waals surface area contributed by atoms with Gasteiger partial charge in [0, 0.05) is 19.5 Å². The minimum absolute atomic E-state index is 0.0668. The Bertz CT molecular complexity index is 1400. The van der Waals surface area contributed by atoms with Crippen LogP contribution in [0, 0.1) is 5.92 Å². The molecular weight excluding hydrogens is 744 g/mol. The van der Waals surface area contributed by atoms with E-state index in [1.54, 1.807) is 13.8 Å². The van der Waals surface area contributed by atoms with Crippen LogP contribution < -0.4 is 27.4 Å². The lowest BCUT2D eigenvalue weighted by atomic mass is 9.99. The molecule has 1 aliphatic rings. The SMILES string of the molecule is CC(C)C(NC(=O)[C@H](N)CCCCNC(=O)COC1CCCCCc2c1nnn2CCOCCOCCOCCOCCC(=O)NCCS(=O)(=O)O)C(N)=O. The maximum atomic E-state index is 12.5. The van der Waals surface area contributed by atoms with Gasteiger partial charge in [-0.25, -0.2) is 4.68 Å². The summed E-state index contributed by atoms with van der Waals surface area (Å²) >= 11 is 0. The van der Waals surface area contributed by atoms with Crippen molar-refractivity contribution in [1.29, 1.82) is 0 Å². The van der Waals surface area contributed by atoms with Crippen LogP contribution in [0.3, 0.4) is 0 Å². The van der Waals surface area contributed by atoms with Gasteiger partial charge in [0.2, 0.25) is 23.6 Å². The van der Waals surface area contributed by atoms with Gasteiger partial charge in [0.05, 0.1) is 76.9 Å². The number of nitrogens with zero attached hydrogens (tertiary/aromatic N) is 3. The molecule has 1 aliphatic carbocycles. The molecule has 0 aromatic carbocycles. The maximum Gasteiger partial charge on any atom is 0.266 e. The van der Waals surface area contributed by atoms with Crippen LogP contribution in [-0.4, -0.2) is 142 Å². The van der Waals surface area contributed by atoms with Crippen LogP contribution in [0.25, 0.3) is 0 Å². The fourth-order valence-corrected chi connectivity index (χ4v) is 5.88. The standard InChI is InChI=1S/C34H62N8O12S/c1-25(2)31(33(36)45)39-34(46)26(35)8-6-7-12-37-30(44)24-54-28-10-5-3-4-9-27-32(28)40-41-42(27)14-16-51-18-20-53-22-21-52-19-17-50-15-11-29(43)38-13-23-55(47,48)49/h25-26,28,31H,3-24,35H2,1-2H3,(H2,36,45)(H,37,44)(H,38,43)(H,39,46)(H,47,48,49)/t26-,28?,31?/m1/s1. The number of hydrogen-bond donors (Lipinski definition) is 6. The zero-order chi connectivity index (χ0) is 40.5. The molecule has 0 radical (unpaired) electrons. The largest absolute Gasteiger partial charge is 0.379 e. The average molecular weight is 807 g/mol. The van der Waals surface area contributed by atoms with Crippen molar-refractivity contribution in [2.75, 3.05) is 78.3 Å². The van der Waals surface area contributed by atoms with E-state index in [-0.39, 0.29) is 50.0 Å². The van der Waals surface area contributed by atoms with Gasteiger partial charge in [0.1, 0.15) is 24.4 Å². The summed E-state index contributed by atoms with van der Waals surface area (Å²) in [5.41, 5.74) is 13.1. The van der Waals surface area contributed by atoms with Crippen LogP contribution in [0.2, 0.25) is 0 Å². The molecule has 316 valence electrons. The van der Waals surface area contributed by atoms with Gasteiger partial charge >= 0.3 is 0 Å². The molecule has 21 heteroatoms. The monoisotopic (exact) mass is 806 g/mol. The van der Waals surface area contributed by atoms with Gasteiger partial charge < -0.3 is 51.1 Å². The van der Waals surface area contributed by atoms with E-state index in [1.807, 2.05) is 4.68 Å². The molecule has 20 nitrogen and oxygen atoms in total. The van der Waals surface area contributed by atoms with Crippen LogP contribution in [-0.2, 0) is 65.9 Å². The summed E-state index contributed by atoms with van der Waals surface area (Å²) in [6.07, 6.45) is 5.89. The van der Waals surface area contributed by atoms with Gasteiger partial charge in [0.15, 0.2) is 0 Å². The molecule has 1 heterocycles. The first-order chi connectivity index (χ1) is 26.3. The Morgan fingerprint density at radius 3 is 2.16 bits per heavy atom. The normalized spacial score (nSPS) is 15.8. The van der Waals surface area contributed by atoms with E-state index in [0.29, 0.717) is 78.6 Å². The zero-order valence-corrected chi connectivity index (χ0v) is 33.0. The number of amides is 4. The predicted octanol–water partition coefficient (Wildman–Crippen LogP) is -0.847. The third kappa shape index (κ3) is 21.5. The highest BCUT2D eigenvalue weighted by Crippen LogP contribution is 2.29. The number of ether oxygens (including phenoxy) is 5. The van der Waals surface area contributed by atoms with E-state index in [2.05, 4.69) is 26.3 Å². The minimum Gasteiger partial charge on any atom is -0.379 e. The van der Waals surface area contributed by atoms with Crippen molar-refractivity contribution in [3.05, 3.63) is 11.4 Å². The Morgan fingerprint density at radius 2 is 1.53 bits per heavy atom. The summed E-state index contributed by atoms with van der Waals surface area (Å²) in [5, 5.41) is 16.6. The molecule has 0 saturated carbocycles. The molecular formula is C34H62N8O12S. The van der Waals surface area contributed by atoms with Crippen molar-refractivity contribution in [2.24, 2.45) is 17.4 Å². The second-order valence-corrected chi connectivity index (χ2v) is 15.0. The van der Waals surface area contributed by atoms with Crippen LogP contribution >= 0.6 is 0 Å². The lowest BCUT2D eigenvalue weighted by Gasteiger charge is -2.21. The quantitative estimate of drug-likeness (QED) is 0.0408. The first kappa shape index (κ1) is 47.8. The summed E-state index contributed by atoms with van der Waals surface area (Å²) in [6, 6.07) is -1.55. The first-order valence-electron chi connectivity index (χ1n) is 19.0. The topological polar surface area (TPSA) is 288 Å². The third-order valence-corrected chi connectivity index (χ3v) is 9.28. The third-order valence-electron chi connectivity index (χ3n) is 8.56. The van der Waals surface area contributed by atoms with Gasteiger partial charge in [-0.15, -0.1) is 5.10 Å². The van der Waals surface area contributed by atoms with Gasteiger partial charge in [-0.3, -0.25) is 23.7 Å².